The zero-order chi connectivity index (χ0) is 13.8. The van der Waals surface area contributed by atoms with Gasteiger partial charge in [-0.3, -0.25) is 14.9 Å². The second-order valence-corrected chi connectivity index (χ2v) is 5.06. The Kier molecular flexibility index (Phi) is 4.31. The summed E-state index contributed by atoms with van der Waals surface area (Å²) in [7, 11) is 0. The van der Waals surface area contributed by atoms with Crippen LogP contribution in [-0.4, -0.2) is 9.91 Å². The maximum atomic E-state index is 10.9. The van der Waals surface area contributed by atoms with Gasteiger partial charge in [-0.05, 0) is 11.6 Å². The predicted molar refractivity (Wildman–Crippen MR) is 73.6 cm³/mol. The molecular formula is C11H10ClN3O3S. The number of thiazole rings is 1. The molecule has 8 heteroatoms. The number of rotatable bonds is 5. The van der Waals surface area contributed by atoms with E-state index in [9.17, 15) is 14.9 Å². The van der Waals surface area contributed by atoms with Crippen LogP contribution in [0.2, 0.25) is 5.02 Å². The highest BCUT2D eigenvalue weighted by Gasteiger charge is 2.09. The number of nitrogens with one attached hydrogen (secondary N) is 2. The lowest BCUT2D eigenvalue weighted by Gasteiger charge is -2.05. The van der Waals surface area contributed by atoms with Crippen molar-refractivity contribution in [2.24, 2.45) is 0 Å². The van der Waals surface area contributed by atoms with Gasteiger partial charge in [-0.1, -0.05) is 22.9 Å². The number of nitro benzene ring substituents is 1. The van der Waals surface area contributed by atoms with E-state index in [0.29, 0.717) is 23.7 Å². The molecule has 0 radical (unpaired) electrons. The van der Waals surface area contributed by atoms with Gasteiger partial charge in [0.2, 0.25) is 0 Å². The number of benzene rings is 1. The molecule has 100 valence electrons. The second kappa shape index (κ2) is 5.96. The first-order chi connectivity index (χ1) is 9.06. The summed E-state index contributed by atoms with van der Waals surface area (Å²) in [6, 6.07) is 4.30. The molecule has 0 bridgehead atoms. The maximum absolute atomic E-state index is 10.9. The quantitative estimate of drug-likeness (QED) is 0.655. The average Bonchev–Trinajstić information content (AvgIpc) is 2.77. The third-order valence-corrected chi connectivity index (χ3v) is 3.53. The lowest BCUT2D eigenvalue weighted by atomic mass is 10.2. The first-order valence-corrected chi connectivity index (χ1v) is 6.62. The number of hydrogen-bond donors (Lipinski definition) is 2. The van der Waals surface area contributed by atoms with Gasteiger partial charge in [0, 0.05) is 41.3 Å². The summed E-state index contributed by atoms with van der Waals surface area (Å²) in [4.78, 5) is 23.7. The van der Waals surface area contributed by atoms with Crippen molar-refractivity contribution in [1.29, 1.82) is 0 Å². The zero-order valence-corrected chi connectivity index (χ0v) is 11.3. The minimum absolute atomic E-state index is 0.00476. The molecule has 0 amide bonds. The molecule has 0 fully saturated rings. The molecule has 2 aromatic rings. The topological polar surface area (TPSA) is 88.0 Å². The molecule has 0 saturated carbocycles. The van der Waals surface area contributed by atoms with Gasteiger partial charge in [0.05, 0.1) is 4.92 Å². The molecule has 2 rings (SSSR count). The molecule has 6 nitrogen and oxygen atoms in total. The van der Waals surface area contributed by atoms with Crippen molar-refractivity contribution in [3.8, 4) is 0 Å². The average molecular weight is 300 g/mol. The van der Waals surface area contributed by atoms with Gasteiger partial charge in [0.25, 0.3) is 5.69 Å². The van der Waals surface area contributed by atoms with E-state index in [-0.39, 0.29) is 10.6 Å². The Morgan fingerprint density at radius 1 is 1.42 bits per heavy atom. The first kappa shape index (κ1) is 13.7. The Morgan fingerprint density at radius 2 is 2.21 bits per heavy atom. The van der Waals surface area contributed by atoms with Crippen LogP contribution in [0.25, 0.3) is 0 Å². The molecular weight excluding hydrogens is 290 g/mol. The SMILES string of the molecule is O=c1[nH]c(CNCc2cc([N+](=O)[O-])ccc2Cl)cs1. The Bertz CT molecular complexity index is 653. The summed E-state index contributed by atoms with van der Waals surface area (Å²) < 4.78 is 0. The summed E-state index contributed by atoms with van der Waals surface area (Å²) >= 11 is 7.06. The third kappa shape index (κ3) is 3.63. The van der Waals surface area contributed by atoms with E-state index in [1.54, 1.807) is 5.38 Å². The molecule has 0 aliphatic heterocycles. The number of aromatic amines is 1. The van der Waals surface area contributed by atoms with Gasteiger partial charge >= 0.3 is 4.87 Å². The maximum Gasteiger partial charge on any atom is 0.304 e. The van der Waals surface area contributed by atoms with Crippen molar-refractivity contribution >= 4 is 28.6 Å². The lowest BCUT2D eigenvalue weighted by molar-refractivity contribution is -0.384. The zero-order valence-electron chi connectivity index (χ0n) is 9.68. The van der Waals surface area contributed by atoms with Crippen LogP contribution in [0.3, 0.4) is 0 Å². The molecule has 0 aliphatic carbocycles. The normalized spacial score (nSPS) is 10.6. The van der Waals surface area contributed by atoms with Crippen molar-refractivity contribution in [3.63, 3.8) is 0 Å². The number of H-pyrrole nitrogens is 1. The summed E-state index contributed by atoms with van der Waals surface area (Å²) in [5.74, 6) is 0. The van der Waals surface area contributed by atoms with Gasteiger partial charge in [0.15, 0.2) is 0 Å². The van der Waals surface area contributed by atoms with Gasteiger partial charge < -0.3 is 10.3 Å². The highest BCUT2D eigenvalue weighted by atomic mass is 35.5. The van der Waals surface area contributed by atoms with E-state index in [1.165, 1.54) is 18.2 Å². The van der Waals surface area contributed by atoms with E-state index in [1.807, 2.05) is 0 Å². The first-order valence-electron chi connectivity index (χ1n) is 5.36. The number of non-ortho nitro benzene ring substituents is 1. The molecule has 1 heterocycles. The molecule has 19 heavy (non-hydrogen) atoms. The van der Waals surface area contributed by atoms with Crippen LogP contribution in [0.15, 0.2) is 28.4 Å². The van der Waals surface area contributed by atoms with E-state index >= 15 is 0 Å². The molecule has 2 N–H and O–H groups in total. The smallest absolute Gasteiger partial charge is 0.304 e. The highest BCUT2D eigenvalue weighted by Crippen LogP contribution is 2.21. The molecule has 0 unspecified atom stereocenters. The molecule has 1 aromatic carbocycles. The number of nitro groups is 1. The number of hydrogen-bond acceptors (Lipinski definition) is 5. The fourth-order valence-electron chi connectivity index (χ4n) is 1.54. The molecule has 0 spiro atoms. The van der Waals surface area contributed by atoms with Crippen molar-refractivity contribution in [2.45, 2.75) is 13.1 Å². The minimum Gasteiger partial charge on any atom is -0.315 e. The number of nitrogens with zero attached hydrogens (tertiary/aromatic N) is 1. The molecule has 1 aromatic heterocycles. The minimum atomic E-state index is -0.462. The number of halogens is 1. The van der Waals surface area contributed by atoms with Gasteiger partial charge in [0.1, 0.15) is 0 Å². The predicted octanol–water partition coefficient (Wildman–Crippen LogP) is 2.29. The summed E-state index contributed by atoms with van der Waals surface area (Å²) in [6.45, 7) is 0.857. The fourth-order valence-corrected chi connectivity index (χ4v) is 2.31. The van der Waals surface area contributed by atoms with Gasteiger partial charge in [-0.15, -0.1) is 0 Å². The van der Waals surface area contributed by atoms with Gasteiger partial charge in [-0.25, -0.2) is 0 Å². The molecule has 0 atom stereocenters. The van der Waals surface area contributed by atoms with Crippen molar-refractivity contribution in [1.82, 2.24) is 10.3 Å². The molecule has 0 aliphatic rings. The van der Waals surface area contributed by atoms with Gasteiger partial charge in [-0.2, -0.15) is 0 Å². The largest absolute Gasteiger partial charge is 0.315 e. The summed E-state index contributed by atoms with van der Waals surface area (Å²) in [5, 5.41) is 15.9. The van der Waals surface area contributed by atoms with Crippen molar-refractivity contribution < 1.29 is 4.92 Å². The summed E-state index contributed by atoms with van der Waals surface area (Å²) in [6.07, 6.45) is 0. The Balaban J connectivity index is 2.00. The molecule has 0 saturated heterocycles. The van der Waals surface area contributed by atoms with E-state index in [4.69, 9.17) is 11.6 Å². The van der Waals surface area contributed by atoms with Crippen LogP contribution < -0.4 is 10.2 Å². The van der Waals surface area contributed by atoms with Crippen LogP contribution in [0, 0.1) is 10.1 Å². The fraction of sp³-hybridized carbons (Fsp3) is 0.182. The third-order valence-electron chi connectivity index (χ3n) is 2.44. The number of aromatic nitrogens is 1. The lowest BCUT2D eigenvalue weighted by Crippen LogP contribution is -2.14. The van der Waals surface area contributed by atoms with Crippen LogP contribution in [0.5, 0.6) is 0 Å². The Morgan fingerprint density at radius 3 is 2.84 bits per heavy atom. The Hall–Kier alpha value is -1.70. The van der Waals surface area contributed by atoms with Crippen LogP contribution >= 0.6 is 22.9 Å². The van der Waals surface area contributed by atoms with Crippen molar-refractivity contribution in [2.75, 3.05) is 0 Å². The van der Waals surface area contributed by atoms with Crippen LogP contribution in [0.4, 0.5) is 5.69 Å². The van der Waals surface area contributed by atoms with E-state index in [2.05, 4.69) is 10.3 Å². The van der Waals surface area contributed by atoms with E-state index in [0.717, 1.165) is 17.0 Å². The second-order valence-electron chi connectivity index (χ2n) is 3.81. The van der Waals surface area contributed by atoms with Crippen LogP contribution in [-0.2, 0) is 13.1 Å². The summed E-state index contributed by atoms with van der Waals surface area (Å²) in [5.41, 5.74) is 1.43. The highest BCUT2D eigenvalue weighted by molar-refractivity contribution is 7.07. The standard InChI is InChI=1S/C11H10ClN3O3S/c12-10-2-1-9(15(17)18)3-7(10)4-13-5-8-6-19-11(16)14-8/h1-3,6,13H,4-5H2,(H,14,16). The Labute approximate surface area is 117 Å². The van der Waals surface area contributed by atoms with Crippen molar-refractivity contribution in [3.05, 3.63) is 59.6 Å². The van der Waals surface area contributed by atoms with E-state index < -0.39 is 4.92 Å². The monoisotopic (exact) mass is 299 g/mol. The van der Waals surface area contributed by atoms with Crippen LogP contribution in [0.1, 0.15) is 11.3 Å².